The van der Waals surface area contributed by atoms with Gasteiger partial charge in [0.2, 0.25) is 0 Å². The van der Waals surface area contributed by atoms with E-state index in [-0.39, 0.29) is 0 Å². The van der Waals surface area contributed by atoms with Gasteiger partial charge in [-0.25, -0.2) is 9.61 Å². The third-order valence-corrected chi connectivity index (χ3v) is 2.17. The van der Waals surface area contributed by atoms with Crippen molar-refractivity contribution in [2.75, 3.05) is 20.3 Å². The van der Waals surface area contributed by atoms with Gasteiger partial charge in [-0.1, -0.05) is 0 Å². The Balaban J connectivity index is 1.96. The minimum atomic E-state index is 0.490. The van der Waals surface area contributed by atoms with Crippen LogP contribution in [0.5, 0.6) is 0 Å². The number of rotatable bonds is 4. The zero-order valence-electron chi connectivity index (χ0n) is 6.54. The quantitative estimate of drug-likeness (QED) is 0.228. The largest absolute Gasteiger partial charge is 0.381 e. The van der Waals surface area contributed by atoms with Gasteiger partial charge in [-0.05, 0) is 12.8 Å². The predicted molar refractivity (Wildman–Crippen MR) is 42.7 cm³/mol. The average Bonchev–Trinajstić information content (AvgIpc) is 2.07. The van der Waals surface area contributed by atoms with Gasteiger partial charge < -0.3 is 4.74 Å². The fraction of sp³-hybridized carbons (Fsp3) is 1.00. The van der Waals surface area contributed by atoms with Gasteiger partial charge in [-0.15, -0.1) is 4.33 Å². The van der Waals surface area contributed by atoms with Crippen molar-refractivity contribution >= 4 is 12.2 Å². The molecule has 0 aromatic heterocycles. The zero-order chi connectivity index (χ0) is 7.94. The Hall–Kier alpha value is 0.190. The normalized spacial score (nSPS) is 20.5. The summed E-state index contributed by atoms with van der Waals surface area (Å²) in [6.07, 6.45) is 2.08. The minimum Gasteiger partial charge on any atom is -0.381 e. The molecule has 11 heavy (non-hydrogen) atoms. The SMILES string of the molecule is COOSNC1CCOCC1. The van der Waals surface area contributed by atoms with Crippen LogP contribution in [0.1, 0.15) is 12.8 Å². The number of ether oxygens (including phenoxy) is 1. The van der Waals surface area contributed by atoms with Crippen LogP contribution in [0.3, 0.4) is 0 Å². The molecule has 1 aliphatic heterocycles. The molecule has 0 spiro atoms. The van der Waals surface area contributed by atoms with Crippen LogP contribution >= 0.6 is 12.2 Å². The lowest BCUT2D eigenvalue weighted by Crippen LogP contribution is -2.30. The first-order chi connectivity index (χ1) is 5.43. The molecule has 0 aromatic rings. The third-order valence-electron chi connectivity index (χ3n) is 1.54. The molecule has 66 valence electrons. The van der Waals surface area contributed by atoms with Gasteiger partial charge in [0.15, 0.2) is 0 Å². The van der Waals surface area contributed by atoms with Crippen LogP contribution < -0.4 is 4.72 Å². The van der Waals surface area contributed by atoms with Gasteiger partial charge in [0.1, 0.15) is 12.2 Å². The molecule has 0 unspecified atom stereocenters. The summed E-state index contributed by atoms with van der Waals surface area (Å²) in [5.41, 5.74) is 0. The summed E-state index contributed by atoms with van der Waals surface area (Å²) in [4.78, 5) is 4.40. The topological polar surface area (TPSA) is 39.7 Å². The molecule has 0 aliphatic carbocycles. The fourth-order valence-electron chi connectivity index (χ4n) is 0.937. The van der Waals surface area contributed by atoms with Crippen LogP contribution in [0.25, 0.3) is 0 Å². The van der Waals surface area contributed by atoms with Crippen molar-refractivity contribution in [2.45, 2.75) is 18.9 Å². The van der Waals surface area contributed by atoms with Crippen molar-refractivity contribution in [1.82, 2.24) is 4.72 Å². The molecule has 1 aliphatic rings. The van der Waals surface area contributed by atoms with Crippen molar-refractivity contribution in [3.05, 3.63) is 0 Å². The Morgan fingerprint density at radius 1 is 1.45 bits per heavy atom. The molecule has 0 amide bonds. The van der Waals surface area contributed by atoms with Crippen molar-refractivity contribution in [1.29, 1.82) is 0 Å². The van der Waals surface area contributed by atoms with Crippen LogP contribution in [0.2, 0.25) is 0 Å². The van der Waals surface area contributed by atoms with E-state index in [1.54, 1.807) is 0 Å². The highest BCUT2D eigenvalue weighted by molar-refractivity contribution is 7.92. The molecule has 4 nitrogen and oxygen atoms in total. The van der Waals surface area contributed by atoms with Gasteiger partial charge in [0.05, 0.1) is 7.11 Å². The summed E-state index contributed by atoms with van der Waals surface area (Å²) in [5.74, 6) is 0. The lowest BCUT2D eigenvalue weighted by Gasteiger charge is -2.21. The van der Waals surface area contributed by atoms with E-state index in [1.165, 1.54) is 7.11 Å². The maximum absolute atomic E-state index is 5.18. The second-order valence-corrected chi connectivity index (χ2v) is 2.86. The first-order valence-corrected chi connectivity index (χ1v) is 4.37. The summed E-state index contributed by atoms with van der Waals surface area (Å²) < 4.78 is 12.9. The summed E-state index contributed by atoms with van der Waals surface area (Å²) in [6, 6.07) is 0.490. The van der Waals surface area contributed by atoms with E-state index < -0.39 is 0 Å². The van der Waals surface area contributed by atoms with Gasteiger partial charge in [-0.3, -0.25) is 0 Å². The van der Waals surface area contributed by atoms with Gasteiger partial charge >= 0.3 is 0 Å². The highest BCUT2D eigenvalue weighted by Crippen LogP contribution is 2.09. The maximum atomic E-state index is 5.18. The van der Waals surface area contributed by atoms with Gasteiger partial charge in [0, 0.05) is 19.3 Å². The fourth-order valence-corrected chi connectivity index (χ4v) is 1.42. The second-order valence-electron chi connectivity index (χ2n) is 2.32. The van der Waals surface area contributed by atoms with Crippen LogP contribution in [0.15, 0.2) is 0 Å². The molecule has 0 radical (unpaired) electrons. The number of nitrogens with one attached hydrogen (secondary N) is 1. The Labute approximate surface area is 70.8 Å². The lowest BCUT2D eigenvalue weighted by atomic mass is 10.1. The molecule has 1 fully saturated rings. The van der Waals surface area contributed by atoms with Gasteiger partial charge in [0.25, 0.3) is 0 Å². The maximum Gasteiger partial charge on any atom is 0.118 e. The molecule has 0 saturated carbocycles. The van der Waals surface area contributed by atoms with E-state index in [1.807, 2.05) is 0 Å². The van der Waals surface area contributed by atoms with Crippen LogP contribution in [-0.4, -0.2) is 26.4 Å². The summed E-state index contributed by atoms with van der Waals surface area (Å²) >= 11 is 1.13. The van der Waals surface area contributed by atoms with Crippen molar-refractivity contribution in [2.24, 2.45) is 0 Å². The summed E-state index contributed by atoms with van der Waals surface area (Å²) in [7, 11) is 1.48. The van der Waals surface area contributed by atoms with Crippen LogP contribution in [0, 0.1) is 0 Å². The van der Waals surface area contributed by atoms with Crippen molar-refractivity contribution in [3.8, 4) is 0 Å². The third kappa shape index (κ3) is 3.93. The standard InChI is InChI=1S/C6H13NO3S/c1-8-10-11-7-6-2-4-9-5-3-6/h6-7H,2-5H2,1H3. The lowest BCUT2D eigenvalue weighted by molar-refractivity contribution is -0.161. The summed E-state index contributed by atoms with van der Waals surface area (Å²) in [6.45, 7) is 1.68. The molecule has 0 atom stereocenters. The monoisotopic (exact) mass is 179 g/mol. The first-order valence-electron chi connectivity index (χ1n) is 3.63. The minimum absolute atomic E-state index is 0.490. The second kappa shape index (κ2) is 5.79. The predicted octanol–water partition coefficient (Wildman–Crippen LogP) is 0.896. The molecule has 5 heteroatoms. The van der Waals surface area contributed by atoms with E-state index in [9.17, 15) is 0 Å². The van der Waals surface area contributed by atoms with E-state index in [2.05, 4.69) is 13.9 Å². The van der Waals surface area contributed by atoms with E-state index in [0.29, 0.717) is 6.04 Å². The zero-order valence-corrected chi connectivity index (χ0v) is 7.36. The Morgan fingerprint density at radius 2 is 2.18 bits per heavy atom. The molecule has 0 bridgehead atoms. The van der Waals surface area contributed by atoms with E-state index >= 15 is 0 Å². The van der Waals surface area contributed by atoms with Gasteiger partial charge in [-0.2, -0.15) is 0 Å². The highest BCUT2D eigenvalue weighted by atomic mass is 32.2. The van der Waals surface area contributed by atoms with E-state index in [4.69, 9.17) is 4.74 Å². The molecular weight excluding hydrogens is 166 g/mol. The van der Waals surface area contributed by atoms with Crippen LogP contribution in [0.4, 0.5) is 0 Å². The van der Waals surface area contributed by atoms with Crippen molar-refractivity contribution in [3.63, 3.8) is 0 Å². The van der Waals surface area contributed by atoms with Crippen molar-refractivity contribution < 1.29 is 14.0 Å². The molecular formula is C6H13NO3S. The first kappa shape index (κ1) is 9.28. The molecule has 1 heterocycles. The Morgan fingerprint density at radius 3 is 2.82 bits per heavy atom. The summed E-state index contributed by atoms with van der Waals surface area (Å²) in [5, 5.41) is 0. The molecule has 1 rings (SSSR count). The van der Waals surface area contributed by atoms with E-state index in [0.717, 1.165) is 38.3 Å². The Bertz CT molecular complexity index is 97.8. The smallest absolute Gasteiger partial charge is 0.118 e. The average molecular weight is 179 g/mol. The Kier molecular flexibility index (Phi) is 4.89. The molecule has 0 aromatic carbocycles. The number of hydrogen-bond acceptors (Lipinski definition) is 5. The number of hydrogen-bond donors (Lipinski definition) is 1. The molecule has 1 saturated heterocycles. The molecule has 1 N–H and O–H groups in total. The highest BCUT2D eigenvalue weighted by Gasteiger charge is 2.12. The van der Waals surface area contributed by atoms with Crippen LogP contribution in [-0.2, 0) is 14.0 Å².